The average molecular weight is 512 g/mol. The van der Waals surface area contributed by atoms with Gasteiger partial charge in [0.2, 0.25) is 0 Å². The number of aromatic nitrogens is 1. The molecule has 190 valence electrons. The van der Waals surface area contributed by atoms with Crippen LogP contribution in [0, 0.1) is 0 Å². The summed E-state index contributed by atoms with van der Waals surface area (Å²) >= 11 is 0. The Balaban J connectivity index is 1.21. The van der Waals surface area contributed by atoms with Crippen LogP contribution < -0.4 is 0 Å². The first-order valence-corrected chi connectivity index (χ1v) is 14.1. The molecule has 0 aliphatic heterocycles. The molecule has 0 spiro atoms. The Kier molecular flexibility index (Phi) is 5.24. The van der Waals surface area contributed by atoms with Gasteiger partial charge in [-0.2, -0.15) is 0 Å². The second-order valence-electron chi connectivity index (χ2n) is 11.1. The lowest BCUT2D eigenvalue weighted by Gasteiger charge is -2.08. The van der Waals surface area contributed by atoms with E-state index in [0.29, 0.717) is 0 Å². The number of nitrogens with zero attached hydrogens (tertiary/aromatic N) is 1. The molecule has 1 aliphatic carbocycles. The zero-order chi connectivity index (χ0) is 26.6. The molecule has 1 heteroatoms. The minimum Gasteiger partial charge on any atom is -0.344 e. The second-order valence-corrected chi connectivity index (χ2v) is 11.1. The zero-order valence-electron chi connectivity index (χ0n) is 22.6. The molecule has 1 heterocycles. The van der Waals surface area contributed by atoms with Crippen LogP contribution in [0.2, 0.25) is 0 Å². The fourth-order valence-electron chi connectivity index (χ4n) is 6.57. The van der Waals surface area contributed by atoms with E-state index < -0.39 is 0 Å². The van der Waals surface area contributed by atoms with Crippen molar-refractivity contribution in [3.8, 4) is 33.4 Å². The summed E-state index contributed by atoms with van der Waals surface area (Å²) in [5, 5.41) is 2.61. The van der Waals surface area contributed by atoms with E-state index in [1.807, 2.05) is 0 Å². The van der Waals surface area contributed by atoms with Crippen LogP contribution in [0.4, 0.5) is 0 Å². The molecule has 0 fully saturated rings. The van der Waals surface area contributed by atoms with Crippen molar-refractivity contribution in [1.29, 1.82) is 0 Å². The highest BCUT2D eigenvalue weighted by Gasteiger charge is 2.19. The van der Waals surface area contributed by atoms with Crippen molar-refractivity contribution in [1.82, 2.24) is 4.57 Å². The van der Waals surface area contributed by atoms with Gasteiger partial charge in [-0.1, -0.05) is 103 Å². The van der Waals surface area contributed by atoms with E-state index in [2.05, 4.69) is 145 Å². The van der Waals surface area contributed by atoms with Crippen molar-refractivity contribution in [3.63, 3.8) is 0 Å². The number of rotatable bonds is 4. The van der Waals surface area contributed by atoms with Crippen molar-refractivity contribution < 1.29 is 0 Å². The molecule has 1 nitrogen and oxygen atoms in total. The lowest BCUT2D eigenvalue weighted by atomic mass is 9.96. The molecule has 1 aliphatic rings. The Hall–Kier alpha value is -4.88. The Morgan fingerprint density at radius 2 is 1.07 bits per heavy atom. The predicted octanol–water partition coefficient (Wildman–Crippen LogP) is 9.83. The third-order valence-electron chi connectivity index (χ3n) is 8.65. The van der Waals surface area contributed by atoms with Gasteiger partial charge in [-0.3, -0.25) is 0 Å². The molecular formula is C39H29N. The van der Waals surface area contributed by atoms with Crippen LogP contribution in [0.5, 0.6) is 0 Å². The molecule has 0 amide bonds. The van der Waals surface area contributed by atoms with E-state index in [0.717, 1.165) is 12.8 Å². The first kappa shape index (κ1) is 23.0. The standard InChI is InChI=1S/C39H29N/c1-40-38-18-16-30(28-12-7-10-27(21-28)20-26-8-3-2-4-9-26)24-36(38)37-25-31(17-19-39(37)40)29-14-15-33-22-32-11-5-6-13-34(32)35(33)23-29/h2-19,21,23-25H,20,22H2,1H3. The Morgan fingerprint density at radius 3 is 1.85 bits per heavy atom. The van der Waals surface area contributed by atoms with Gasteiger partial charge >= 0.3 is 0 Å². The van der Waals surface area contributed by atoms with Gasteiger partial charge in [0.1, 0.15) is 0 Å². The maximum absolute atomic E-state index is 2.39. The summed E-state index contributed by atoms with van der Waals surface area (Å²) in [7, 11) is 2.18. The summed E-state index contributed by atoms with van der Waals surface area (Å²) in [6, 6.07) is 49.4. The predicted molar refractivity (Wildman–Crippen MR) is 169 cm³/mol. The Labute approximate surface area is 235 Å². The normalized spacial score (nSPS) is 12.1. The van der Waals surface area contributed by atoms with Gasteiger partial charge in [0.15, 0.2) is 0 Å². The summed E-state index contributed by atoms with van der Waals surface area (Å²) in [5.41, 5.74) is 15.9. The third-order valence-corrected chi connectivity index (χ3v) is 8.65. The summed E-state index contributed by atoms with van der Waals surface area (Å²) in [5.74, 6) is 0. The quantitative estimate of drug-likeness (QED) is 0.222. The van der Waals surface area contributed by atoms with Crippen molar-refractivity contribution in [2.24, 2.45) is 7.05 Å². The molecule has 40 heavy (non-hydrogen) atoms. The number of benzene rings is 6. The van der Waals surface area contributed by atoms with Crippen molar-refractivity contribution in [3.05, 3.63) is 156 Å². The molecule has 8 rings (SSSR count). The first-order valence-electron chi connectivity index (χ1n) is 14.1. The lowest BCUT2D eigenvalue weighted by Crippen LogP contribution is -1.89. The number of hydrogen-bond donors (Lipinski definition) is 0. The third kappa shape index (κ3) is 3.78. The Bertz CT molecular complexity index is 2060. The molecule has 0 radical (unpaired) electrons. The number of aryl methyl sites for hydroxylation is 1. The lowest BCUT2D eigenvalue weighted by molar-refractivity contribution is 1.01. The fourth-order valence-corrected chi connectivity index (χ4v) is 6.57. The summed E-state index contributed by atoms with van der Waals surface area (Å²) in [6.07, 6.45) is 1.98. The van der Waals surface area contributed by atoms with Gasteiger partial charge in [-0.25, -0.2) is 0 Å². The van der Waals surface area contributed by atoms with Crippen molar-refractivity contribution in [2.75, 3.05) is 0 Å². The average Bonchev–Trinajstić information content (AvgIpc) is 3.52. The molecule has 6 aromatic carbocycles. The van der Waals surface area contributed by atoms with E-state index in [1.54, 1.807) is 0 Å². The summed E-state index contributed by atoms with van der Waals surface area (Å²) < 4.78 is 2.32. The van der Waals surface area contributed by atoms with Gasteiger partial charge < -0.3 is 4.57 Å². The highest BCUT2D eigenvalue weighted by molar-refractivity contribution is 6.10. The van der Waals surface area contributed by atoms with Crippen molar-refractivity contribution in [2.45, 2.75) is 12.8 Å². The van der Waals surface area contributed by atoms with E-state index in [4.69, 9.17) is 0 Å². The highest BCUT2D eigenvalue weighted by Crippen LogP contribution is 2.40. The van der Waals surface area contributed by atoms with E-state index in [1.165, 1.54) is 77.4 Å². The minimum absolute atomic E-state index is 0.944. The monoisotopic (exact) mass is 511 g/mol. The molecule has 0 atom stereocenters. The van der Waals surface area contributed by atoms with Crippen LogP contribution in [-0.4, -0.2) is 4.57 Å². The van der Waals surface area contributed by atoms with Crippen LogP contribution in [0.3, 0.4) is 0 Å². The van der Waals surface area contributed by atoms with Crippen LogP contribution in [0.1, 0.15) is 22.3 Å². The molecular weight excluding hydrogens is 482 g/mol. The first-order chi connectivity index (χ1) is 19.7. The fraction of sp³-hybridized carbons (Fsp3) is 0.0769. The van der Waals surface area contributed by atoms with Gasteiger partial charge in [-0.05, 0) is 98.8 Å². The second kappa shape index (κ2) is 9.10. The molecule has 1 aromatic heterocycles. The highest BCUT2D eigenvalue weighted by atomic mass is 14.9. The van der Waals surface area contributed by atoms with Crippen LogP contribution in [0.25, 0.3) is 55.2 Å². The minimum atomic E-state index is 0.944. The molecule has 0 bridgehead atoms. The molecule has 0 N–H and O–H groups in total. The molecule has 0 saturated carbocycles. The molecule has 0 saturated heterocycles. The Morgan fingerprint density at radius 1 is 0.475 bits per heavy atom. The smallest absolute Gasteiger partial charge is 0.0489 e. The van der Waals surface area contributed by atoms with Crippen LogP contribution in [-0.2, 0) is 19.9 Å². The van der Waals surface area contributed by atoms with Gasteiger partial charge in [-0.15, -0.1) is 0 Å². The van der Waals surface area contributed by atoms with E-state index >= 15 is 0 Å². The zero-order valence-corrected chi connectivity index (χ0v) is 22.6. The van der Waals surface area contributed by atoms with Gasteiger partial charge in [0, 0.05) is 28.9 Å². The summed E-state index contributed by atoms with van der Waals surface area (Å²) in [4.78, 5) is 0. The van der Waals surface area contributed by atoms with Gasteiger partial charge in [0.25, 0.3) is 0 Å². The number of fused-ring (bicyclic) bond motifs is 6. The summed E-state index contributed by atoms with van der Waals surface area (Å²) in [6.45, 7) is 0. The largest absolute Gasteiger partial charge is 0.344 e. The van der Waals surface area contributed by atoms with Crippen LogP contribution >= 0.6 is 0 Å². The maximum Gasteiger partial charge on any atom is 0.0489 e. The van der Waals surface area contributed by atoms with E-state index in [9.17, 15) is 0 Å². The number of hydrogen-bond acceptors (Lipinski definition) is 0. The molecule has 0 unspecified atom stereocenters. The maximum atomic E-state index is 2.39. The van der Waals surface area contributed by atoms with Gasteiger partial charge in [0.05, 0.1) is 0 Å². The van der Waals surface area contributed by atoms with Crippen molar-refractivity contribution >= 4 is 21.8 Å². The molecule has 7 aromatic rings. The topological polar surface area (TPSA) is 4.93 Å². The van der Waals surface area contributed by atoms with Crippen LogP contribution in [0.15, 0.2) is 133 Å². The SMILES string of the molecule is Cn1c2ccc(-c3cccc(Cc4ccccc4)c3)cc2c2cc(-c3ccc4c(c3)-c3ccccc3C4)ccc21. The van der Waals surface area contributed by atoms with E-state index in [-0.39, 0.29) is 0 Å².